The van der Waals surface area contributed by atoms with Crippen molar-refractivity contribution >= 4 is 17.3 Å². The van der Waals surface area contributed by atoms with Crippen LogP contribution in [0.2, 0.25) is 0 Å². The number of ether oxygens (including phenoxy) is 2. The average Bonchev–Trinajstić information content (AvgIpc) is 2.44. The molecule has 0 fully saturated rings. The van der Waals surface area contributed by atoms with Crippen molar-refractivity contribution in [1.82, 2.24) is 0 Å². The third kappa shape index (κ3) is 3.34. The van der Waals surface area contributed by atoms with Gasteiger partial charge in [-0.15, -0.1) is 0 Å². The van der Waals surface area contributed by atoms with Crippen molar-refractivity contribution in [2.75, 3.05) is 14.2 Å². The minimum absolute atomic E-state index is 0.315. The summed E-state index contributed by atoms with van der Waals surface area (Å²) < 4.78 is 9.65. The summed E-state index contributed by atoms with van der Waals surface area (Å²) in [6.45, 7) is 3.54. The van der Waals surface area contributed by atoms with E-state index in [2.05, 4.69) is 5.16 Å². The zero-order valence-electron chi connectivity index (χ0n) is 11.4. The van der Waals surface area contributed by atoms with Gasteiger partial charge in [-0.2, -0.15) is 0 Å². The van der Waals surface area contributed by atoms with Crippen LogP contribution < -0.4 is 0 Å². The van der Waals surface area contributed by atoms with Crippen molar-refractivity contribution < 1.29 is 19.5 Å². The van der Waals surface area contributed by atoms with E-state index in [1.165, 1.54) is 20.5 Å². The quantitative estimate of drug-likeness (QED) is 0.226. The van der Waals surface area contributed by atoms with Gasteiger partial charge in [0.1, 0.15) is 5.57 Å². The van der Waals surface area contributed by atoms with E-state index in [1.54, 1.807) is 13.0 Å². The molecule has 0 saturated carbocycles. The summed E-state index contributed by atoms with van der Waals surface area (Å²) in [5.41, 5.74) is 3.06. The highest BCUT2D eigenvalue weighted by atomic mass is 16.5. The number of aryl methyl sites for hydroxylation is 1. The highest BCUT2D eigenvalue weighted by Gasteiger charge is 2.16. The fourth-order valence-electron chi connectivity index (χ4n) is 1.64. The van der Waals surface area contributed by atoms with Gasteiger partial charge in [-0.05, 0) is 36.6 Å². The van der Waals surface area contributed by atoms with E-state index in [-0.39, 0.29) is 0 Å². The molecule has 0 amide bonds. The van der Waals surface area contributed by atoms with Gasteiger partial charge in [-0.3, -0.25) is 0 Å². The number of esters is 1. The molecule has 0 aliphatic carbocycles. The van der Waals surface area contributed by atoms with Gasteiger partial charge in [0.15, 0.2) is 0 Å². The molecule has 0 atom stereocenters. The highest BCUT2D eigenvalue weighted by Crippen LogP contribution is 2.22. The Hall–Kier alpha value is -2.30. The van der Waals surface area contributed by atoms with Gasteiger partial charge < -0.3 is 14.7 Å². The lowest BCUT2D eigenvalue weighted by atomic mass is 9.97. The zero-order chi connectivity index (χ0) is 14.4. The van der Waals surface area contributed by atoms with E-state index in [9.17, 15) is 4.79 Å². The van der Waals surface area contributed by atoms with Gasteiger partial charge in [-0.25, -0.2) is 4.79 Å². The molecule has 0 saturated heterocycles. The first-order valence-corrected chi connectivity index (χ1v) is 5.66. The molecular weight excluding hydrogens is 246 g/mol. The van der Waals surface area contributed by atoms with Crippen molar-refractivity contribution in [2.24, 2.45) is 5.16 Å². The minimum atomic E-state index is -0.485. The summed E-state index contributed by atoms with van der Waals surface area (Å²) in [5, 5.41) is 12.0. The predicted molar refractivity (Wildman–Crippen MR) is 72.2 cm³/mol. The van der Waals surface area contributed by atoms with Crippen molar-refractivity contribution in [2.45, 2.75) is 13.8 Å². The molecule has 1 aromatic carbocycles. The summed E-state index contributed by atoms with van der Waals surface area (Å²) in [7, 11) is 2.77. The fraction of sp³-hybridized carbons (Fsp3) is 0.286. The van der Waals surface area contributed by atoms with Crippen molar-refractivity contribution in [3.8, 4) is 0 Å². The number of benzene rings is 1. The number of carbonyl (C=O) groups excluding carboxylic acids is 1. The van der Waals surface area contributed by atoms with E-state index >= 15 is 0 Å². The standard InChI is InChI=1S/C14H17NO4/c1-9-5-6-11(10(2)15-17)7-12(9)13(8-18-3)14(16)19-4/h5-8,17H,1-4H3/b13-8+,15-10?. The molecule has 0 aliphatic heterocycles. The smallest absolute Gasteiger partial charge is 0.341 e. The van der Waals surface area contributed by atoms with Gasteiger partial charge in [0.25, 0.3) is 0 Å². The Bertz CT molecular complexity index is 532. The first kappa shape index (κ1) is 14.8. The second-order valence-corrected chi connectivity index (χ2v) is 3.97. The molecule has 0 radical (unpaired) electrons. The maximum atomic E-state index is 11.8. The van der Waals surface area contributed by atoms with Crippen LogP contribution in [0.15, 0.2) is 29.6 Å². The summed E-state index contributed by atoms with van der Waals surface area (Å²) >= 11 is 0. The Balaban J connectivity index is 3.38. The van der Waals surface area contributed by atoms with Crippen LogP contribution >= 0.6 is 0 Å². The van der Waals surface area contributed by atoms with Crippen LogP contribution in [0.4, 0.5) is 0 Å². The van der Waals surface area contributed by atoms with Crippen LogP contribution in [-0.4, -0.2) is 31.1 Å². The second kappa shape index (κ2) is 6.58. The lowest BCUT2D eigenvalue weighted by Gasteiger charge is -2.10. The van der Waals surface area contributed by atoms with Gasteiger partial charge in [0, 0.05) is 0 Å². The van der Waals surface area contributed by atoms with E-state index in [4.69, 9.17) is 14.7 Å². The molecule has 102 valence electrons. The summed E-state index contributed by atoms with van der Waals surface area (Å²) in [6.07, 6.45) is 1.34. The number of hydrogen-bond donors (Lipinski definition) is 1. The molecule has 1 N–H and O–H groups in total. The molecule has 1 rings (SSSR count). The lowest BCUT2D eigenvalue weighted by Crippen LogP contribution is -2.07. The Labute approximate surface area is 112 Å². The largest absolute Gasteiger partial charge is 0.503 e. The highest BCUT2D eigenvalue weighted by molar-refractivity contribution is 6.17. The van der Waals surface area contributed by atoms with Gasteiger partial charge in [0.2, 0.25) is 0 Å². The topological polar surface area (TPSA) is 68.1 Å². The molecule has 0 aromatic heterocycles. The summed E-state index contributed by atoms with van der Waals surface area (Å²) in [4.78, 5) is 11.8. The lowest BCUT2D eigenvalue weighted by molar-refractivity contribution is -0.133. The Morgan fingerprint density at radius 2 is 2.05 bits per heavy atom. The second-order valence-electron chi connectivity index (χ2n) is 3.97. The number of rotatable bonds is 4. The maximum Gasteiger partial charge on any atom is 0.341 e. The third-order valence-corrected chi connectivity index (χ3v) is 2.74. The maximum absolute atomic E-state index is 11.8. The van der Waals surface area contributed by atoms with Crippen LogP contribution in [-0.2, 0) is 14.3 Å². The number of methoxy groups -OCH3 is 2. The van der Waals surface area contributed by atoms with Gasteiger partial charge in [0.05, 0.1) is 26.2 Å². The Kier molecular flexibility index (Phi) is 5.11. The van der Waals surface area contributed by atoms with Crippen LogP contribution in [0.5, 0.6) is 0 Å². The molecule has 5 nitrogen and oxygen atoms in total. The summed E-state index contributed by atoms with van der Waals surface area (Å²) in [6, 6.07) is 5.41. The van der Waals surface area contributed by atoms with Crippen LogP contribution in [0.25, 0.3) is 5.57 Å². The first-order valence-electron chi connectivity index (χ1n) is 5.66. The van der Waals surface area contributed by atoms with E-state index in [0.717, 1.165) is 5.56 Å². The predicted octanol–water partition coefficient (Wildman–Crippen LogP) is 2.35. The first-order chi connectivity index (χ1) is 9.04. The molecule has 0 aliphatic rings. The van der Waals surface area contributed by atoms with Crippen molar-refractivity contribution in [3.05, 3.63) is 41.2 Å². The third-order valence-electron chi connectivity index (χ3n) is 2.74. The Morgan fingerprint density at radius 1 is 1.37 bits per heavy atom. The molecule has 0 bridgehead atoms. The van der Waals surface area contributed by atoms with Crippen LogP contribution in [0.1, 0.15) is 23.6 Å². The molecule has 19 heavy (non-hydrogen) atoms. The molecule has 0 heterocycles. The van der Waals surface area contributed by atoms with E-state index < -0.39 is 5.97 Å². The number of hydrogen-bond acceptors (Lipinski definition) is 5. The van der Waals surface area contributed by atoms with Crippen molar-refractivity contribution in [1.29, 1.82) is 0 Å². The average molecular weight is 263 g/mol. The van der Waals surface area contributed by atoms with Crippen molar-refractivity contribution in [3.63, 3.8) is 0 Å². The molecule has 0 spiro atoms. The molecule has 1 aromatic rings. The summed E-state index contributed by atoms with van der Waals surface area (Å²) in [5.74, 6) is -0.485. The number of carbonyl (C=O) groups is 1. The van der Waals surface area contributed by atoms with Gasteiger partial charge in [-0.1, -0.05) is 17.3 Å². The minimum Gasteiger partial charge on any atom is -0.503 e. The van der Waals surface area contributed by atoms with E-state index in [0.29, 0.717) is 22.4 Å². The molecule has 0 unspecified atom stereocenters. The number of nitrogens with zero attached hydrogens (tertiary/aromatic N) is 1. The molecule has 5 heteroatoms. The van der Waals surface area contributed by atoms with E-state index in [1.807, 2.05) is 19.1 Å². The SMILES string of the molecule is CO/C=C(/C(=O)OC)c1cc(C(C)=NO)ccc1C. The normalized spacial score (nSPS) is 12.2. The van der Waals surface area contributed by atoms with Crippen LogP contribution in [0, 0.1) is 6.92 Å². The Morgan fingerprint density at radius 3 is 2.58 bits per heavy atom. The monoisotopic (exact) mass is 263 g/mol. The number of oxime groups is 1. The zero-order valence-corrected chi connectivity index (χ0v) is 11.4. The fourth-order valence-corrected chi connectivity index (χ4v) is 1.64. The van der Waals surface area contributed by atoms with Gasteiger partial charge >= 0.3 is 5.97 Å². The van der Waals surface area contributed by atoms with Crippen LogP contribution in [0.3, 0.4) is 0 Å². The molecular formula is C14H17NO4.